The molecule has 6 nitrogen and oxygen atoms in total. The molecule has 3 amide bonds. The van der Waals surface area contributed by atoms with Crippen LogP contribution in [0.25, 0.3) is 0 Å². The third-order valence-corrected chi connectivity index (χ3v) is 4.52. The normalized spacial score (nSPS) is 10.1. The number of carbonyl (C=O) groups is 3. The Morgan fingerprint density at radius 1 is 0.885 bits per heavy atom. The molecule has 7 heteroatoms. The molecule has 0 aromatic heterocycles. The van der Waals surface area contributed by atoms with Gasteiger partial charge in [0, 0.05) is 34.3 Å². The highest BCUT2D eigenvalue weighted by Crippen LogP contribution is 2.15. The second-order valence-electron chi connectivity index (χ2n) is 5.47. The van der Waals surface area contributed by atoms with Crippen molar-refractivity contribution in [1.29, 1.82) is 0 Å². The number of benzene rings is 2. The van der Waals surface area contributed by atoms with Gasteiger partial charge in [0.05, 0.1) is 5.56 Å². The molecule has 0 aliphatic rings. The van der Waals surface area contributed by atoms with Crippen molar-refractivity contribution in [3.8, 4) is 0 Å². The number of rotatable bonds is 7. The SMILES string of the molecule is CCC(=O)NCCNC(=O)c1ccc(NC(=O)c2ccccc2I)cc1. The summed E-state index contributed by atoms with van der Waals surface area (Å²) in [7, 11) is 0. The van der Waals surface area contributed by atoms with Gasteiger partial charge in [-0.25, -0.2) is 0 Å². The molecule has 26 heavy (non-hydrogen) atoms. The molecular formula is C19H20IN3O3. The highest BCUT2D eigenvalue weighted by Gasteiger charge is 2.10. The Labute approximate surface area is 165 Å². The summed E-state index contributed by atoms with van der Waals surface area (Å²) in [5, 5.41) is 8.23. The lowest BCUT2D eigenvalue weighted by atomic mass is 10.1. The number of hydrogen-bond acceptors (Lipinski definition) is 3. The van der Waals surface area contributed by atoms with Crippen LogP contribution in [0.1, 0.15) is 34.1 Å². The number of anilines is 1. The molecule has 0 spiro atoms. The first-order valence-corrected chi connectivity index (χ1v) is 9.30. The van der Waals surface area contributed by atoms with Crippen molar-refractivity contribution >= 4 is 46.0 Å². The lowest BCUT2D eigenvalue weighted by Crippen LogP contribution is -2.34. The van der Waals surface area contributed by atoms with E-state index in [0.29, 0.717) is 36.3 Å². The number of carbonyl (C=O) groups excluding carboxylic acids is 3. The van der Waals surface area contributed by atoms with E-state index >= 15 is 0 Å². The van der Waals surface area contributed by atoms with Gasteiger partial charge in [-0.1, -0.05) is 19.1 Å². The summed E-state index contributed by atoms with van der Waals surface area (Å²) in [4.78, 5) is 35.4. The molecule has 2 aromatic rings. The van der Waals surface area contributed by atoms with E-state index in [-0.39, 0.29) is 17.7 Å². The minimum atomic E-state index is -0.230. The first-order chi connectivity index (χ1) is 12.5. The van der Waals surface area contributed by atoms with E-state index in [4.69, 9.17) is 0 Å². The monoisotopic (exact) mass is 465 g/mol. The van der Waals surface area contributed by atoms with Crippen LogP contribution in [0.3, 0.4) is 0 Å². The Kier molecular flexibility index (Phi) is 7.58. The van der Waals surface area contributed by atoms with Gasteiger partial charge in [0.2, 0.25) is 5.91 Å². The van der Waals surface area contributed by atoms with Crippen LogP contribution in [0.15, 0.2) is 48.5 Å². The molecule has 0 saturated carbocycles. The Bertz CT molecular complexity index is 791. The molecule has 136 valence electrons. The summed E-state index contributed by atoms with van der Waals surface area (Å²) >= 11 is 2.11. The maximum absolute atomic E-state index is 12.3. The first kappa shape index (κ1) is 19.9. The van der Waals surface area contributed by atoms with Crippen LogP contribution in [0, 0.1) is 3.57 Å². The quantitative estimate of drug-likeness (QED) is 0.434. The van der Waals surface area contributed by atoms with Crippen LogP contribution in [-0.4, -0.2) is 30.8 Å². The van der Waals surface area contributed by atoms with Crippen LogP contribution in [0.5, 0.6) is 0 Å². The average Bonchev–Trinajstić information content (AvgIpc) is 2.65. The van der Waals surface area contributed by atoms with E-state index in [9.17, 15) is 14.4 Å². The van der Waals surface area contributed by atoms with Crippen LogP contribution in [0.4, 0.5) is 5.69 Å². The molecule has 0 bridgehead atoms. The molecule has 2 rings (SSSR count). The van der Waals surface area contributed by atoms with Crippen LogP contribution in [0.2, 0.25) is 0 Å². The van der Waals surface area contributed by atoms with E-state index in [1.807, 2.05) is 18.2 Å². The Morgan fingerprint density at radius 3 is 2.19 bits per heavy atom. The Hall–Kier alpha value is -2.42. The van der Waals surface area contributed by atoms with Crippen molar-refractivity contribution in [2.75, 3.05) is 18.4 Å². The van der Waals surface area contributed by atoms with Crippen LogP contribution < -0.4 is 16.0 Å². The molecule has 0 fully saturated rings. The van der Waals surface area contributed by atoms with E-state index in [1.165, 1.54) is 0 Å². The Morgan fingerprint density at radius 2 is 1.54 bits per heavy atom. The van der Waals surface area contributed by atoms with Crippen molar-refractivity contribution in [3.63, 3.8) is 0 Å². The summed E-state index contributed by atoms with van der Waals surface area (Å²) in [6.07, 6.45) is 0.420. The number of halogens is 1. The van der Waals surface area contributed by atoms with E-state index in [0.717, 1.165) is 3.57 Å². The topological polar surface area (TPSA) is 87.3 Å². The standard InChI is InChI=1S/C19H20IN3O3/c1-2-17(24)21-11-12-22-18(25)13-7-9-14(10-8-13)23-19(26)15-5-3-4-6-16(15)20/h3-10H,2,11-12H2,1H3,(H,21,24)(H,22,25)(H,23,26). The largest absolute Gasteiger partial charge is 0.354 e. The van der Waals surface area contributed by atoms with Crippen LogP contribution in [-0.2, 0) is 4.79 Å². The van der Waals surface area contributed by atoms with Crippen molar-refractivity contribution in [2.45, 2.75) is 13.3 Å². The lowest BCUT2D eigenvalue weighted by molar-refractivity contribution is -0.120. The van der Waals surface area contributed by atoms with Crippen molar-refractivity contribution in [2.24, 2.45) is 0 Å². The molecule has 0 unspecified atom stereocenters. The maximum atomic E-state index is 12.3. The number of nitrogens with one attached hydrogen (secondary N) is 3. The van der Waals surface area contributed by atoms with Gasteiger partial charge in [-0.05, 0) is 59.0 Å². The molecule has 2 aromatic carbocycles. The van der Waals surface area contributed by atoms with Gasteiger partial charge in [0.25, 0.3) is 11.8 Å². The van der Waals surface area contributed by atoms with Crippen LogP contribution >= 0.6 is 22.6 Å². The molecule has 0 radical (unpaired) electrons. The van der Waals surface area contributed by atoms with Gasteiger partial charge >= 0.3 is 0 Å². The highest BCUT2D eigenvalue weighted by molar-refractivity contribution is 14.1. The van der Waals surface area contributed by atoms with Gasteiger partial charge < -0.3 is 16.0 Å². The summed E-state index contributed by atoms with van der Waals surface area (Å²) in [5.74, 6) is -0.475. The average molecular weight is 465 g/mol. The summed E-state index contributed by atoms with van der Waals surface area (Å²) in [6.45, 7) is 2.52. The minimum Gasteiger partial charge on any atom is -0.354 e. The zero-order valence-corrected chi connectivity index (χ0v) is 16.5. The molecule has 0 heterocycles. The molecule has 0 aliphatic heterocycles. The molecule has 0 atom stereocenters. The van der Waals surface area contributed by atoms with Gasteiger partial charge in [-0.15, -0.1) is 0 Å². The van der Waals surface area contributed by atoms with Gasteiger partial charge in [0.1, 0.15) is 0 Å². The fourth-order valence-electron chi connectivity index (χ4n) is 2.15. The molecule has 0 aliphatic carbocycles. The zero-order valence-electron chi connectivity index (χ0n) is 14.3. The van der Waals surface area contributed by atoms with Crippen molar-refractivity contribution < 1.29 is 14.4 Å². The second kappa shape index (κ2) is 9.91. The molecule has 3 N–H and O–H groups in total. The molecule has 0 saturated heterocycles. The second-order valence-corrected chi connectivity index (χ2v) is 6.63. The predicted octanol–water partition coefficient (Wildman–Crippen LogP) is 2.80. The van der Waals surface area contributed by atoms with E-state index in [2.05, 4.69) is 38.5 Å². The smallest absolute Gasteiger partial charge is 0.256 e. The number of amides is 3. The predicted molar refractivity (Wildman–Crippen MR) is 109 cm³/mol. The fourth-order valence-corrected chi connectivity index (χ4v) is 2.79. The first-order valence-electron chi connectivity index (χ1n) is 8.22. The van der Waals surface area contributed by atoms with E-state index < -0.39 is 0 Å². The fraction of sp³-hybridized carbons (Fsp3) is 0.211. The highest BCUT2D eigenvalue weighted by atomic mass is 127. The summed E-state index contributed by atoms with van der Waals surface area (Å²) in [6, 6.07) is 14.0. The zero-order chi connectivity index (χ0) is 18.9. The Balaban J connectivity index is 1.87. The number of hydrogen-bond donors (Lipinski definition) is 3. The van der Waals surface area contributed by atoms with Gasteiger partial charge in [-0.3, -0.25) is 14.4 Å². The summed E-state index contributed by atoms with van der Waals surface area (Å²) < 4.78 is 0.869. The summed E-state index contributed by atoms with van der Waals surface area (Å²) in [5.41, 5.74) is 1.70. The van der Waals surface area contributed by atoms with Gasteiger partial charge in [-0.2, -0.15) is 0 Å². The third-order valence-electron chi connectivity index (χ3n) is 3.58. The van der Waals surface area contributed by atoms with Crippen molar-refractivity contribution in [1.82, 2.24) is 10.6 Å². The van der Waals surface area contributed by atoms with Gasteiger partial charge in [0.15, 0.2) is 0 Å². The third kappa shape index (κ3) is 5.83. The minimum absolute atomic E-state index is 0.0487. The van der Waals surface area contributed by atoms with Crippen molar-refractivity contribution in [3.05, 3.63) is 63.2 Å². The maximum Gasteiger partial charge on any atom is 0.256 e. The van der Waals surface area contributed by atoms with E-state index in [1.54, 1.807) is 37.3 Å². The molecular weight excluding hydrogens is 445 g/mol. The lowest BCUT2D eigenvalue weighted by Gasteiger charge is -2.09.